The molecule has 0 aromatic heterocycles. The summed E-state index contributed by atoms with van der Waals surface area (Å²) < 4.78 is 24.8. The zero-order chi connectivity index (χ0) is 42.3. The lowest BCUT2D eigenvalue weighted by atomic mass is 9.52. The van der Waals surface area contributed by atoms with E-state index in [1.807, 2.05) is 30.3 Å². The van der Waals surface area contributed by atoms with Crippen molar-refractivity contribution in [1.29, 1.82) is 0 Å². The number of rotatable bonds is 6. The predicted octanol–water partition coefficient (Wildman–Crippen LogP) is 13.1. The number of hydrogen-bond acceptors (Lipinski definition) is 5. The summed E-state index contributed by atoms with van der Waals surface area (Å²) in [6.07, 6.45) is 7.71. The maximum Gasteiger partial charge on any atom is 0.187 e. The number of anilines is 1. The van der Waals surface area contributed by atoms with Crippen LogP contribution in [0.15, 0.2) is 109 Å². The minimum absolute atomic E-state index is 0.0545. The van der Waals surface area contributed by atoms with Crippen LogP contribution in [-0.4, -0.2) is 40.5 Å². The molecule has 0 radical (unpaired) electrons. The van der Waals surface area contributed by atoms with Crippen LogP contribution in [0.25, 0.3) is 43.9 Å². The second kappa shape index (κ2) is 14.3. The van der Waals surface area contributed by atoms with Crippen LogP contribution in [0.4, 0.5) is 11.4 Å². The number of benzene rings is 6. The Hall–Kier alpha value is -6.03. The smallest absolute Gasteiger partial charge is 0.187 e. The van der Waals surface area contributed by atoms with Crippen molar-refractivity contribution in [3.8, 4) is 39.5 Å². The Morgan fingerprint density at radius 1 is 0.689 bits per heavy atom. The molecule has 2 heterocycles. The van der Waals surface area contributed by atoms with Gasteiger partial charge in [-0.3, -0.25) is 0 Å². The van der Waals surface area contributed by atoms with Crippen LogP contribution in [0, 0.1) is 24.3 Å². The van der Waals surface area contributed by atoms with E-state index in [0.29, 0.717) is 5.69 Å². The minimum atomic E-state index is -0.960. The first-order valence-electron chi connectivity index (χ1n) is 21.7. The normalized spacial score (nSPS) is 18.8. The summed E-state index contributed by atoms with van der Waals surface area (Å²) in [7, 11) is 3.40. The Morgan fingerprint density at radius 3 is 1.90 bits per heavy atom. The number of nitrogens with zero attached hydrogens (tertiary/aromatic N) is 2. The van der Waals surface area contributed by atoms with Gasteiger partial charge in [-0.2, -0.15) is 0 Å². The lowest BCUT2D eigenvalue weighted by molar-refractivity contribution is 0.0642. The summed E-state index contributed by atoms with van der Waals surface area (Å²) in [5.74, 6) is 2.46. The van der Waals surface area contributed by atoms with Gasteiger partial charge >= 0.3 is 0 Å². The molecule has 2 aliphatic carbocycles. The largest absolute Gasteiger partial charge is 0.497 e. The molecule has 6 nitrogen and oxygen atoms in total. The van der Waals surface area contributed by atoms with Gasteiger partial charge in [0.2, 0.25) is 0 Å². The summed E-state index contributed by atoms with van der Waals surface area (Å²) in [4.78, 5) is 6.40. The fourth-order valence-electron chi connectivity index (χ4n) is 12.0. The molecule has 0 unspecified atom stereocenters. The summed E-state index contributed by atoms with van der Waals surface area (Å²) in [6.45, 7) is 23.4. The molecule has 0 atom stereocenters. The van der Waals surface area contributed by atoms with Crippen molar-refractivity contribution in [2.24, 2.45) is 10.8 Å². The Balaban J connectivity index is 1.28. The van der Waals surface area contributed by atoms with Crippen LogP contribution < -0.4 is 19.1 Å². The first-order chi connectivity index (χ1) is 29.4. The van der Waals surface area contributed by atoms with E-state index in [2.05, 4.69) is 129 Å². The van der Waals surface area contributed by atoms with Gasteiger partial charge in [0.05, 0.1) is 34.0 Å². The lowest BCUT2D eigenvalue weighted by Crippen LogP contribution is -2.44. The van der Waals surface area contributed by atoms with Gasteiger partial charge in [0, 0.05) is 46.3 Å². The van der Waals surface area contributed by atoms with E-state index in [0.717, 1.165) is 84.9 Å². The fraction of sp³-hybridized carbons (Fsp3) is 0.327. The first-order valence-corrected chi connectivity index (χ1v) is 21.7. The average Bonchev–Trinajstić information content (AvgIpc) is 3.52. The summed E-state index contributed by atoms with van der Waals surface area (Å²) in [5, 5.41) is 2.26. The minimum Gasteiger partial charge on any atom is -0.497 e. The van der Waals surface area contributed by atoms with Crippen LogP contribution in [0.5, 0.6) is 17.2 Å². The SMILES string of the molecule is [C-]#[N+]c1ccc2c(c1)C1(CC(C)(C)CC(C)(C)C1)c1c3c(c4cc(-c5ccc(N6CCOCC6)cc5)c(C)cc4c1-2)OC(c1ccc(OC)cc1)(c1ccc(OC)cc1)C=C3. The van der Waals surface area contributed by atoms with Crippen molar-refractivity contribution in [2.45, 2.75) is 64.9 Å². The van der Waals surface area contributed by atoms with E-state index in [1.165, 1.54) is 50.0 Å². The third kappa shape index (κ3) is 6.31. The zero-order valence-electron chi connectivity index (χ0n) is 36.4. The highest BCUT2D eigenvalue weighted by Crippen LogP contribution is 2.67. The van der Waals surface area contributed by atoms with E-state index in [4.69, 9.17) is 25.5 Å². The molecule has 0 bridgehead atoms. The second-order valence-electron chi connectivity index (χ2n) is 19.3. The van der Waals surface area contributed by atoms with Crippen molar-refractivity contribution in [3.05, 3.63) is 154 Å². The summed E-state index contributed by atoms with van der Waals surface area (Å²) in [5.41, 5.74) is 12.5. The molecule has 1 spiro atoms. The monoisotopic (exact) mass is 806 g/mol. The predicted molar refractivity (Wildman–Crippen MR) is 247 cm³/mol. The average molecular weight is 807 g/mol. The molecule has 61 heavy (non-hydrogen) atoms. The molecule has 6 aromatic rings. The molecule has 308 valence electrons. The van der Waals surface area contributed by atoms with E-state index >= 15 is 0 Å². The van der Waals surface area contributed by atoms with Crippen molar-refractivity contribution in [3.63, 3.8) is 0 Å². The standard InChI is InChI=1S/C55H54N2O4/c1-35-29-46-47(31-45(35)36-9-16-40(17-10-36)57-25-27-60-28-26-57)51-44(23-24-55(61-51,37-11-18-41(58-7)19-12-37)38-13-20-42(59-8)21-14-38)50-49(46)43-22-15-39(56-6)30-48(43)54(50)33-52(2,3)32-53(4,5)34-54/h9-24,29-31H,25-28,32-34H2,1-5,7-8H3. The molecule has 0 amide bonds. The van der Waals surface area contributed by atoms with Crippen LogP contribution in [0.1, 0.15) is 80.3 Å². The maximum absolute atomic E-state index is 8.14. The number of aryl methyl sites for hydroxylation is 1. The first kappa shape index (κ1) is 39.1. The number of methoxy groups -OCH3 is 2. The Bertz CT molecular complexity index is 2700. The van der Waals surface area contributed by atoms with Gasteiger partial charge in [0.1, 0.15) is 17.2 Å². The van der Waals surface area contributed by atoms with Gasteiger partial charge in [0.15, 0.2) is 11.3 Å². The third-order valence-electron chi connectivity index (χ3n) is 13.9. The van der Waals surface area contributed by atoms with E-state index < -0.39 is 5.60 Å². The highest BCUT2D eigenvalue weighted by molar-refractivity contribution is 6.10. The molecular formula is C55H54N2O4. The number of ether oxygens (including phenoxy) is 4. The maximum atomic E-state index is 8.14. The Kier molecular flexibility index (Phi) is 9.16. The van der Waals surface area contributed by atoms with Crippen molar-refractivity contribution >= 4 is 28.2 Å². The van der Waals surface area contributed by atoms with Gasteiger partial charge in [-0.25, -0.2) is 4.85 Å². The molecule has 2 aliphatic heterocycles. The molecule has 1 saturated heterocycles. The Labute approximate surface area is 360 Å². The van der Waals surface area contributed by atoms with Crippen LogP contribution in [0.2, 0.25) is 0 Å². The van der Waals surface area contributed by atoms with Crippen molar-refractivity contribution in [2.75, 3.05) is 45.4 Å². The van der Waals surface area contributed by atoms with Crippen LogP contribution >= 0.6 is 0 Å². The quantitative estimate of drug-likeness (QED) is 0.157. The van der Waals surface area contributed by atoms with Gasteiger partial charge in [-0.1, -0.05) is 94.4 Å². The zero-order valence-corrected chi connectivity index (χ0v) is 36.4. The highest BCUT2D eigenvalue weighted by atomic mass is 16.5. The third-order valence-corrected chi connectivity index (χ3v) is 13.9. The van der Waals surface area contributed by atoms with E-state index in [9.17, 15) is 0 Å². The van der Waals surface area contributed by atoms with Crippen molar-refractivity contribution < 1.29 is 18.9 Å². The van der Waals surface area contributed by atoms with Crippen LogP contribution in [0.3, 0.4) is 0 Å². The second-order valence-corrected chi connectivity index (χ2v) is 19.3. The lowest BCUT2D eigenvalue weighted by Gasteiger charge is -2.52. The number of hydrogen-bond donors (Lipinski definition) is 0. The Morgan fingerprint density at radius 2 is 1.31 bits per heavy atom. The molecule has 1 saturated carbocycles. The molecule has 6 heteroatoms. The van der Waals surface area contributed by atoms with Crippen molar-refractivity contribution in [1.82, 2.24) is 0 Å². The molecule has 10 rings (SSSR count). The van der Waals surface area contributed by atoms with Gasteiger partial charge in [-0.05, 0) is 130 Å². The highest BCUT2D eigenvalue weighted by Gasteiger charge is 2.55. The number of morpholine rings is 1. The summed E-state index contributed by atoms with van der Waals surface area (Å²) >= 11 is 0. The van der Waals surface area contributed by atoms with E-state index in [-0.39, 0.29) is 16.2 Å². The molecular weight excluding hydrogens is 753 g/mol. The van der Waals surface area contributed by atoms with Gasteiger partial charge in [-0.15, -0.1) is 0 Å². The molecule has 0 N–H and O–H groups in total. The van der Waals surface area contributed by atoms with Gasteiger partial charge < -0.3 is 23.8 Å². The molecule has 4 aliphatic rings. The topological polar surface area (TPSA) is 44.5 Å². The van der Waals surface area contributed by atoms with Gasteiger partial charge in [0.25, 0.3) is 0 Å². The number of fused-ring (bicyclic) bond motifs is 10. The van der Waals surface area contributed by atoms with Crippen LogP contribution in [-0.2, 0) is 15.8 Å². The molecule has 6 aromatic carbocycles. The van der Waals surface area contributed by atoms with E-state index in [1.54, 1.807) is 14.2 Å². The fourth-order valence-corrected chi connectivity index (χ4v) is 12.0. The molecule has 2 fully saturated rings. The summed E-state index contributed by atoms with van der Waals surface area (Å²) in [6, 6.07) is 36.8.